The first-order valence-corrected chi connectivity index (χ1v) is 13.6. The predicted molar refractivity (Wildman–Crippen MR) is 129 cm³/mol. The maximum Gasteiger partial charge on any atom is 0.166 e. The standard InChI is InChI=1S/C18H15S.C8H18O3S/c1-4-10-16(11-5-1)19(17-12-6-2-7-13-17)18-14-8-3-9-15-18;1-2-3-4-5-6-7-8-12(9,10)11/h1-15H;2-8H2,1H3,(H,9,10,11)/q+1;/p-1. The molecule has 0 bridgehead atoms. The van der Waals surface area contributed by atoms with E-state index in [4.69, 9.17) is 0 Å². The molecule has 0 fully saturated rings. The van der Waals surface area contributed by atoms with Crippen molar-refractivity contribution >= 4 is 21.0 Å². The molecular weight excluding hydrogens is 424 g/mol. The van der Waals surface area contributed by atoms with Crippen LogP contribution in [0.1, 0.15) is 45.4 Å². The molecule has 0 aliphatic carbocycles. The molecule has 0 saturated carbocycles. The van der Waals surface area contributed by atoms with Gasteiger partial charge in [-0.3, -0.25) is 0 Å². The van der Waals surface area contributed by atoms with Crippen molar-refractivity contribution in [3.8, 4) is 0 Å². The van der Waals surface area contributed by atoms with E-state index in [0.29, 0.717) is 6.42 Å². The summed E-state index contributed by atoms with van der Waals surface area (Å²) < 4.78 is 30.5. The molecule has 3 aromatic rings. The lowest BCUT2D eigenvalue weighted by Gasteiger charge is -2.07. The summed E-state index contributed by atoms with van der Waals surface area (Å²) in [6.07, 6.45) is 5.96. The lowest BCUT2D eigenvalue weighted by atomic mass is 10.1. The van der Waals surface area contributed by atoms with Gasteiger partial charge in [-0.25, -0.2) is 8.42 Å². The minimum absolute atomic E-state index is 0.0146. The van der Waals surface area contributed by atoms with Gasteiger partial charge >= 0.3 is 0 Å². The number of rotatable bonds is 10. The van der Waals surface area contributed by atoms with E-state index in [0.717, 1.165) is 19.3 Å². The van der Waals surface area contributed by atoms with Crippen LogP contribution in [0.15, 0.2) is 106 Å². The van der Waals surface area contributed by atoms with Crippen molar-refractivity contribution in [2.45, 2.75) is 60.1 Å². The largest absolute Gasteiger partial charge is 0.748 e. The number of unbranched alkanes of at least 4 members (excludes halogenated alkanes) is 5. The van der Waals surface area contributed by atoms with Crippen LogP contribution in [0.4, 0.5) is 0 Å². The average Bonchev–Trinajstić information content (AvgIpc) is 2.78. The molecule has 5 heteroatoms. The highest BCUT2D eigenvalue weighted by Crippen LogP contribution is 2.30. The second kappa shape index (κ2) is 14.1. The second-order valence-corrected chi connectivity index (χ2v) is 10.8. The maximum atomic E-state index is 10.2. The van der Waals surface area contributed by atoms with Crippen LogP contribution in [0.2, 0.25) is 0 Å². The number of hydrogen-bond donors (Lipinski definition) is 0. The Hall–Kier alpha value is -2.08. The van der Waals surface area contributed by atoms with Gasteiger partial charge in [0.15, 0.2) is 14.7 Å². The van der Waals surface area contributed by atoms with Gasteiger partial charge in [0.2, 0.25) is 0 Å². The fourth-order valence-corrected chi connectivity index (χ4v) is 5.80. The van der Waals surface area contributed by atoms with Gasteiger partial charge in [0.05, 0.1) is 21.0 Å². The molecule has 0 amide bonds. The van der Waals surface area contributed by atoms with Gasteiger partial charge in [-0.2, -0.15) is 0 Å². The highest BCUT2D eigenvalue weighted by molar-refractivity contribution is 7.97. The first-order valence-electron chi connectivity index (χ1n) is 10.8. The molecule has 3 nitrogen and oxygen atoms in total. The summed E-state index contributed by atoms with van der Waals surface area (Å²) in [7, 11) is -3.98. The zero-order valence-electron chi connectivity index (χ0n) is 18.2. The monoisotopic (exact) mass is 456 g/mol. The van der Waals surface area contributed by atoms with Crippen LogP contribution in [0.5, 0.6) is 0 Å². The van der Waals surface area contributed by atoms with E-state index < -0.39 is 10.1 Å². The summed E-state index contributed by atoms with van der Waals surface area (Å²) in [6, 6.07) is 32.2. The van der Waals surface area contributed by atoms with Crippen molar-refractivity contribution in [2.75, 3.05) is 5.75 Å². The Labute approximate surface area is 190 Å². The van der Waals surface area contributed by atoms with E-state index in [1.54, 1.807) is 0 Å². The third-order valence-electron chi connectivity index (χ3n) is 4.68. The summed E-state index contributed by atoms with van der Waals surface area (Å²) in [5, 5.41) is 0. The summed E-state index contributed by atoms with van der Waals surface area (Å²) in [4.78, 5) is 4.08. The molecule has 0 saturated heterocycles. The molecule has 0 radical (unpaired) electrons. The van der Waals surface area contributed by atoms with Gasteiger partial charge in [-0.15, -0.1) is 0 Å². The molecule has 0 aliphatic rings. The molecular formula is C26H32O3S2. The maximum absolute atomic E-state index is 10.2. The Bertz CT molecular complexity index is 850. The van der Waals surface area contributed by atoms with Gasteiger partial charge in [0.25, 0.3) is 0 Å². The average molecular weight is 457 g/mol. The summed E-state index contributed by atoms with van der Waals surface area (Å²) >= 11 is 0. The molecule has 166 valence electrons. The van der Waals surface area contributed by atoms with Crippen LogP contribution in [0.25, 0.3) is 0 Å². The molecule has 0 N–H and O–H groups in total. The Balaban J connectivity index is 0.000000248. The molecule has 0 spiro atoms. The Morgan fingerprint density at radius 3 is 1.32 bits per heavy atom. The quantitative estimate of drug-likeness (QED) is 0.194. The topological polar surface area (TPSA) is 57.2 Å². The number of benzene rings is 3. The van der Waals surface area contributed by atoms with Gasteiger partial charge in [0.1, 0.15) is 0 Å². The predicted octanol–water partition coefficient (Wildman–Crippen LogP) is 6.67. The first-order chi connectivity index (χ1) is 15.0. The Morgan fingerprint density at radius 2 is 0.968 bits per heavy atom. The summed E-state index contributed by atoms with van der Waals surface area (Å²) in [6.45, 7) is 2.13. The minimum Gasteiger partial charge on any atom is -0.748 e. The van der Waals surface area contributed by atoms with Gasteiger partial charge < -0.3 is 4.55 Å². The molecule has 0 heterocycles. The third-order valence-corrected chi connectivity index (χ3v) is 7.70. The van der Waals surface area contributed by atoms with Crippen molar-refractivity contribution in [2.24, 2.45) is 0 Å². The lowest BCUT2D eigenvalue weighted by molar-refractivity contribution is 0.459. The normalized spacial score (nSPS) is 11.1. The fraction of sp³-hybridized carbons (Fsp3) is 0.308. The smallest absolute Gasteiger partial charge is 0.166 e. The van der Waals surface area contributed by atoms with Crippen molar-refractivity contribution in [3.63, 3.8) is 0 Å². The van der Waals surface area contributed by atoms with Crippen LogP contribution in [-0.2, 0) is 21.0 Å². The van der Waals surface area contributed by atoms with E-state index in [-0.39, 0.29) is 16.6 Å². The third kappa shape index (κ3) is 10.2. The molecule has 3 aromatic carbocycles. The zero-order chi connectivity index (χ0) is 22.4. The van der Waals surface area contributed by atoms with Crippen molar-refractivity contribution < 1.29 is 13.0 Å². The van der Waals surface area contributed by atoms with Crippen LogP contribution in [0, 0.1) is 0 Å². The molecule has 0 aliphatic heterocycles. The van der Waals surface area contributed by atoms with Crippen LogP contribution in [0.3, 0.4) is 0 Å². The van der Waals surface area contributed by atoms with Gasteiger partial charge in [-0.05, 0) is 42.8 Å². The summed E-state index contributed by atoms with van der Waals surface area (Å²) in [5.41, 5.74) is 0. The Morgan fingerprint density at radius 1 is 0.613 bits per heavy atom. The Kier molecular flexibility index (Phi) is 11.4. The van der Waals surface area contributed by atoms with Crippen LogP contribution < -0.4 is 0 Å². The van der Waals surface area contributed by atoms with E-state index in [2.05, 4.69) is 97.9 Å². The number of hydrogen-bond acceptors (Lipinski definition) is 3. The minimum atomic E-state index is -3.97. The van der Waals surface area contributed by atoms with Gasteiger partial charge in [0, 0.05) is 5.75 Å². The fourth-order valence-electron chi connectivity index (χ4n) is 3.14. The van der Waals surface area contributed by atoms with Gasteiger partial charge in [-0.1, -0.05) is 93.6 Å². The molecule has 0 aromatic heterocycles. The molecule has 0 unspecified atom stereocenters. The van der Waals surface area contributed by atoms with Crippen molar-refractivity contribution in [1.82, 2.24) is 0 Å². The molecule has 0 atom stereocenters. The van der Waals surface area contributed by atoms with E-state index in [1.807, 2.05) is 0 Å². The zero-order valence-corrected chi connectivity index (χ0v) is 19.8. The van der Waals surface area contributed by atoms with E-state index in [9.17, 15) is 13.0 Å². The van der Waals surface area contributed by atoms with Crippen molar-refractivity contribution in [1.29, 1.82) is 0 Å². The molecule has 3 rings (SSSR count). The second-order valence-electron chi connectivity index (χ2n) is 7.27. The highest BCUT2D eigenvalue weighted by atomic mass is 32.2. The van der Waals surface area contributed by atoms with Crippen LogP contribution in [-0.4, -0.2) is 18.7 Å². The van der Waals surface area contributed by atoms with Crippen molar-refractivity contribution in [3.05, 3.63) is 91.0 Å². The molecule has 31 heavy (non-hydrogen) atoms. The summed E-state index contributed by atoms with van der Waals surface area (Å²) in [5.74, 6) is -0.195. The SMILES string of the molecule is CCCCCCCCS(=O)(=O)[O-].c1ccc([S+](c2ccccc2)c2ccccc2)cc1. The van der Waals surface area contributed by atoms with E-state index in [1.165, 1.54) is 27.5 Å². The highest BCUT2D eigenvalue weighted by Gasteiger charge is 2.27. The van der Waals surface area contributed by atoms with E-state index >= 15 is 0 Å². The first kappa shape index (κ1) is 25.2. The lowest BCUT2D eigenvalue weighted by Crippen LogP contribution is -2.04. The van der Waals surface area contributed by atoms with Crippen LogP contribution >= 0.6 is 0 Å².